The van der Waals surface area contributed by atoms with Crippen LogP contribution in [-0.4, -0.2) is 42.4 Å². The van der Waals surface area contributed by atoms with Crippen molar-refractivity contribution in [2.45, 2.75) is 31.8 Å². The molecule has 1 fully saturated rings. The fraction of sp³-hybridized carbons (Fsp3) is 0.600. The summed E-state index contributed by atoms with van der Waals surface area (Å²) in [4.78, 5) is 2.35. The van der Waals surface area contributed by atoms with Crippen LogP contribution in [0, 0.1) is 0 Å². The summed E-state index contributed by atoms with van der Waals surface area (Å²) in [5.41, 5.74) is 0. The molecule has 0 radical (unpaired) electrons. The van der Waals surface area contributed by atoms with E-state index in [-0.39, 0.29) is 0 Å². The zero-order valence-corrected chi connectivity index (χ0v) is 12.8. The second-order valence-electron chi connectivity index (χ2n) is 5.13. The van der Waals surface area contributed by atoms with Gasteiger partial charge in [-0.1, -0.05) is 28.8 Å². The first-order valence-corrected chi connectivity index (χ1v) is 7.82. The molecule has 3 nitrogen and oxygen atoms in total. The summed E-state index contributed by atoms with van der Waals surface area (Å²) in [5, 5.41) is 10.0. The number of β-amino-alcohol motifs (C(OH)–C–C–N with tert-alkyl or cyclic N) is 1. The van der Waals surface area contributed by atoms with Crippen molar-refractivity contribution in [2.75, 3.05) is 26.2 Å². The third-order valence-corrected chi connectivity index (χ3v) is 3.95. The van der Waals surface area contributed by atoms with Gasteiger partial charge in [-0.3, -0.25) is 0 Å². The predicted molar refractivity (Wildman–Crippen MR) is 80.6 cm³/mol. The molecule has 1 aromatic carbocycles. The molecule has 1 N–H and O–H groups in total. The van der Waals surface area contributed by atoms with E-state index >= 15 is 0 Å². The van der Waals surface area contributed by atoms with Gasteiger partial charge in [0.2, 0.25) is 0 Å². The number of aliphatic hydroxyl groups is 1. The molecule has 19 heavy (non-hydrogen) atoms. The molecule has 1 unspecified atom stereocenters. The van der Waals surface area contributed by atoms with Crippen LogP contribution in [0.5, 0.6) is 5.75 Å². The van der Waals surface area contributed by atoms with Crippen LogP contribution in [-0.2, 0) is 0 Å². The van der Waals surface area contributed by atoms with Crippen LogP contribution < -0.4 is 4.74 Å². The standard InChI is InChI=1S/C15H22BrNO2/c16-13-5-7-15(8-6-13)19-12-14(18)11-17-9-3-1-2-4-10-17/h5-8,14,18H,1-4,9-12H2. The SMILES string of the molecule is OC(COc1ccc(Br)cc1)CN1CCCCCC1. The number of hydrogen-bond donors (Lipinski definition) is 1. The van der Waals surface area contributed by atoms with Gasteiger partial charge in [0.05, 0.1) is 0 Å². The Hall–Kier alpha value is -0.580. The Labute approximate surface area is 123 Å². The van der Waals surface area contributed by atoms with Crippen molar-refractivity contribution in [3.05, 3.63) is 28.7 Å². The van der Waals surface area contributed by atoms with Gasteiger partial charge in [0.25, 0.3) is 0 Å². The van der Waals surface area contributed by atoms with Crippen molar-refractivity contribution in [1.29, 1.82) is 0 Å². The zero-order chi connectivity index (χ0) is 13.5. The van der Waals surface area contributed by atoms with E-state index in [1.54, 1.807) is 0 Å². The molecule has 0 spiro atoms. The average molecular weight is 328 g/mol. The maximum atomic E-state index is 10.0. The highest BCUT2D eigenvalue weighted by Gasteiger charge is 2.14. The zero-order valence-electron chi connectivity index (χ0n) is 11.2. The molecular formula is C15H22BrNO2. The molecule has 0 aliphatic carbocycles. The summed E-state index contributed by atoms with van der Waals surface area (Å²) >= 11 is 3.39. The van der Waals surface area contributed by atoms with Crippen molar-refractivity contribution >= 4 is 15.9 Å². The Morgan fingerprint density at radius 1 is 1.11 bits per heavy atom. The van der Waals surface area contributed by atoms with E-state index in [4.69, 9.17) is 4.74 Å². The third-order valence-electron chi connectivity index (χ3n) is 3.42. The highest BCUT2D eigenvalue weighted by atomic mass is 79.9. The monoisotopic (exact) mass is 327 g/mol. The maximum Gasteiger partial charge on any atom is 0.119 e. The van der Waals surface area contributed by atoms with Crippen LogP contribution in [0.2, 0.25) is 0 Å². The smallest absolute Gasteiger partial charge is 0.119 e. The fourth-order valence-electron chi connectivity index (χ4n) is 2.39. The molecule has 1 saturated heterocycles. The summed E-state index contributed by atoms with van der Waals surface area (Å²) in [7, 11) is 0. The van der Waals surface area contributed by atoms with Gasteiger partial charge in [0.1, 0.15) is 18.5 Å². The van der Waals surface area contributed by atoms with E-state index in [1.807, 2.05) is 24.3 Å². The minimum atomic E-state index is -0.415. The highest BCUT2D eigenvalue weighted by Crippen LogP contribution is 2.16. The summed E-state index contributed by atoms with van der Waals surface area (Å²) in [6.07, 6.45) is 4.73. The van der Waals surface area contributed by atoms with Crippen molar-refractivity contribution in [3.8, 4) is 5.75 Å². The molecular weight excluding hydrogens is 306 g/mol. The third kappa shape index (κ3) is 5.51. The average Bonchev–Trinajstić information content (AvgIpc) is 2.67. The first-order valence-electron chi connectivity index (χ1n) is 7.03. The Bertz CT molecular complexity index is 361. The Morgan fingerprint density at radius 2 is 1.74 bits per heavy atom. The molecule has 0 amide bonds. The van der Waals surface area contributed by atoms with E-state index in [0.29, 0.717) is 6.61 Å². The van der Waals surface area contributed by atoms with Gasteiger partial charge < -0.3 is 14.7 Å². The van der Waals surface area contributed by atoms with Gasteiger partial charge in [-0.05, 0) is 50.2 Å². The second kappa shape index (κ2) is 7.88. The highest BCUT2D eigenvalue weighted by molar-refractivity contribution is 9.10. The van der Waals surface area contributed by atoms with Crippen molar-refractivity contribution < 1.29 is 9.84 Å². The van der Waals surface area contributed by atoms with E-state index in [9.17, 15) is 5.11 Å². The lowest BCUT2D eigenvalue weighted by Crippen LogP contribution is -2.36. The molecule has 2 rings (SSSR count). The van der Waals surface area contributed by atoms with Gasteiger partial charge in [0, 0.05) is 11.0 Å². The number of halogens is 1. The van der Waals surface area contributed by atoms with Crippen molar-refractivity contribution in [2.24, 2.45) is 0 Å². The lowest BCUT2D eigenvalue weighted by Gasteiger charge is -2.23. The van der Waals surface area contributed by atoms with E-state index < -0.39 is 6.10 Å². The number of aliphatic hydroxyl groups excluding tert-OH is 1. The first kappa shape index (κ1) is 14.8. The molecule has 0 bridgehead atoms. The fourth-order valence-corrected chi connectivity index (χ4v) is 2.66. The normalized spacial score (nSPS) is 18.8. The lowest BCUT2D eigenvalue weighted by atomic mass is 10.2. The van der Waals surface area contributed by atoms with Gasteiger partial charge in [-0.25, -0.2) is 0 Å². The molecule has 1 aromatic rings. The van der Waals surface area contributed by atoms with Gasteiger partial charge >= 0.3 is 0 Å². The molecule has 1 aliphatic heterocycles. The summed E-state index contributed by atoms with van der Waals surface area (Å²) in [5.74, 6) is 0.804. The van der Waals surface area contributed by atoms with Crippen molar-refractivity contribution in [1.82, 2.24) is 4.90 Å². The van der Waals surface area contributed by atoms with Crippen LogP contribution in [0.25, 0.3) is 0 Å². The first-order chi connectivity index (χ1) is 9.24. The molecule has 106 valence electrons. The van der Waals surface area contributed by atoms with Crippen LogP contribution >= 0.6 is 15.9 Å². The van der Waals surface area contributed by atoms with E-state index in [0.717, 1.165) is 29.9 Å². The second-order valence-corrected chi connectivity index (χ2v) is 6.05. The number of likely N-dealkylation sites (tertiary alicyclic amines) is 1. The Morgan fingerprint density at radius 3 is 2.37 bits per heavy atom. The summed E-state index contributed by atoms with van der Waals surface area (Å²) < 4.78 is 6.63. The van der Waals surface area contributed by atoms with E-state index in [1.165, 1.54) is 25.7 Å². The Balaban J connectivity index is 1.71. The number of rotatable bonds is 5. The molecule has 4 heteroatoms. The predicted octanol–water partition coefficient (Wildman–Crippen LogP) is 3.06. The molecule has 0 saturated carbocycles. The van der Waals surface area contributed by atoms with Crippen LogP contribution in [0.3, 0.4) is 0 Å². The van der Waals surface area contributed by atoms with Crippen LogP contribution in [0.1, 0.15) is 25.7 Å². The minimum absolute atomic E-state index is 0.359. The molecule has 1 aliphatic rings. The Kier molecular flexibility index (Phi) is 6.14. The molecule has 0 aromatic heterocycles. The maximum absolute atomic E-state index is 10.0. The van der Waals surface area contributed by atoms with Gasteiger partial charge in [0.15, 0.2) is 0 Å². The van der Waals surface area contributed by atoms with Crippen LogP contribution in [0.4, 0.5) is 0 Å². The van der Waals surface area contributed by atoms with Crippen LogP contribution in [0.15, 0.2) is 28.7 Å². The number of ether oxygens (including phenoxy) is 1. The molecule has 1 heterocycles. The lowest BCUT2D eigenvalue weighted by molar-refractivity contribution is 0.0693. The largest absolute Gasteiger partial charge is 0.491 e. The minimum Gasteiger partial charge on any atom is -0.491 e. The summed E-state index contributed by atoms with van der Waals surface area (Å²) in [6.45, 7) is 3.29. The van der Waals surface area contributed by atoms with Gasteiger partial charge in [-0.2, -0.15) is 0 Å². The number of hydrogen-bond acceptors (Lipinski definition) is 3. The van der Waals surface area contributed by atoms with E-state index in [2.05, 4.69) is 20.8 Å². The van der Waals surface area contributed by atoms with Gasteiger partial charge in [-0.15, -0.1) is 0 Å². The number of nitrogens with zero attached hydrogens (tertiary/aromatic N) is 1. The van der Waals surface area contributed by atoms with Crippen molar-refractivity contribution in [3.63, 3.8) is 0 Å². The topological polar surface area (TPSA) is 32.7 Å². The number of benzene rings is 1. The molecule has 1 atom stereocenters. The quantitative estimate of drug-likeness (QED) is 0.902. The summed E-state index contributed by atoms with van der Waals surface area (Å²) in [6, 6.07) is 7.69.